The maximum atomic E-state index is 5.73. The standard InChI is InChI=1S/C17H27BrN2O2/c1-14(2)22-17-5-4-15(12-16(17)18)13-19-6-3-7-20-8-10-21-11-9-20/h4-5,12,14,19H,3,6-11,13H2,1-2H3. The van der Waals surface area contributed by atoms with Crippen LogP contribution in [0.3, 0.4) is 0 Å². The molecule has 0 unspecified atom stereocenters. The molecule has 1 aromatic carbocycles. The number of halogens is 1. The van der Waals surface area contributed by atoms with Gasteiger partial charge >= 0.3 is 0 Å². The molecule has 1 fully saturated rings. The number of nitrogens with one attached hydrogen (secondary N) is 1. The molecule has 2 rings (SSSR count). The monoisotopic (exact) mass is 370 g/mol. The molecule has 124 valence electrons. The van der Waals surface area contributed by atoms with Crippen LogP contribution in [0.2, 0.25) is 0 Å². The largest absolute Gasteiger partial charge is 0.490 e. The van der Waals surface area contributed by atoms with Crippen molar-refractivity contribution in [3.05, 3.63) is 28.2 Å². The summed E-state index contributed by atoms with van der Waals surface area (Å²) in [6.45, 7) is 11.1. The van der Waals surface area contributed by atoms with Gasteiger partial charge < -0.3 is 14.8 Å². The molecule has 0 atom stereocenters. The minimum atomic E-state index is 0.195. The van der Waals surface area contributed by atoms with Gasteiger partial charge in [0.05, 0.1) is 23.8 Å². The molecule has 1 aromatic rings. The SMILES string of the molecule is CC(C)Oc1ccc(CNCCCN2CCOCC2)cc1Br. The lowest BCUT2D eigenvalue weighted by Gasteiger charge is -2.26. The molecular formula is C17H27BrN2O2. The number of hydrogen-bond acceptors (Lipinski definition) is 4. The average molecular weight is 371 g/mol. The Balaban J connectivity index is 1.65. The Morgan fingerprint density at radius 1 is 1.32 bits per heavy atom. The summed E-state index contributed by atoms with van der Waals surface area (Å²) in [5.74, 6) is 0.908. The normalized spacial score (nSPS) is 16.2. The third-order valence-electron chi connectivity index (χ3n) is 3.62. The molecule has 0 aromatic heterocycles. The molecule has 1 aliphatic heterocycles. The van der Waals surface area contributed by atoms with Crippen LogP contribution in [0.25, 0.3) is 0 Å². The summed E-state index contributed by atoms with van der Waals surface area (Å²) in [5.41, 5.74) is 1.27. The van der Waals surface area contributed by atoms with Gasteiger partial charge in [0.2, 0.25) is 0 Å². The van der Waals surface area contributed by atoms with Gasteiger partial charge in [-0.15, -0.1) is 0 Å². The molecule has 0 bridgehead atoms. The van der Waals surface area contributed by atoms with E-state index in [0.29, 0.717) is 0 Å². The maximum absolute atomic E-state index is 5.73. The lowest BCUT2D eigenvalue weighted by atomic mass is 10.2. The van der Waals surface area contributed by atoms with Crippen LogP contribution < -0.4 is 10.1 Å². The fourth-order valence-corrected chi connectivity index (χ4v) is 3.01. The van der Waals surface area contributed by atoms with Crippen molar-refractivity contribution in [2.75, 3.05) is 39.4 Å². The molecule has 0 saturated carbocycles. The van der Waals surface area contributed by atoms with Crippen molar-refractivity contribution in [2.45, 2.75) is 32.9 Å². The summed E-state index contributed by atoms with van der Waals surface area (Å²) in [6.07, 6.45) is 1.37. The second-order valence-electron chi connectivity index (χ2n) is 5.92. The van der Waals surface area contributed by atoms with Crippen LogP contribution in [0, 0.1) is 0 Å². The molecule has 1 saturated heterocycles. The minimum Gasteiger partial charge on any atom is -0.490 e. The van der Waals surface area contributed by atoms with E-state index in [-0.39, 0.29) is 6.10 Å². The van der Waals surface area contributed by atoms with Gasteiger partial charge in [0.15, 0.2) is 0 Å². The van der Waals surface area contributed by atoms with Gasteiger partial charge in [-0.05, 0) is 67.0 Å². The van der Waals surface area contributed by atoms with Gasteiger partial charge in [0, 0.05) is 19.6 Å². The van der Waals surface area contributed by atoms with Crippen molar-refractivity contribution in [1.82, 2.24) is 10.2 Å². The van der Waals surface area contributed by atoms with Crippen LogP contribution in [-0.4, -0.2) is 50.4 Å². The first-order valence-corrected chi connectivity index (χ1v) is 8.90. The van der Waals surface area contributed by atoms with E-state index in [1.807, 2.05) is 19.9 Å². The van der Waals surface area contributed by atoms with Gasteiger partial charge in [-0.3, -0.25) is 4.90 Å². The van der Waals surface area contributed by atoms with E-state index in [0.717, 1.165) is 56.2 Å². The Labute approximate surface area is 142 Å². The first-order chi connectivity index (χ1) is 10.6. The zero-order valence-corrected chi connectivity index (χ0v) is 15.2. The topological polar surface area (TPSA) is 33.7 Å². The van der Waals surface area contributed by atoms with Gasteiger partial charge in [-0.2, -0.15) is 0 Å². The van der Waals surface area contributed by atoms with Crippen LogP contribution in [0.4, 0.5) is 0 Å². The summed E-state index contributed by atoms with van der Waals surface area (Å²) in [6, 6.07) is 6.29. The summed E-state index contributed by atoms with van der Waals surface area (Å²) in [4.78, 5) is 2.47. The predicted octanol–water partition coefficient (Wildman–Crippen LogP) is 3.05. The molecule has 5 heteroatoms. The second kappa shape index (κ2) is 9.50. The highest BCUT2D eigenvalue weighted by Crippen LogP contribution is 2.26. The molecule has 1 aliphatic rings. The lowest BCUT2D eigenvalue weighted by molar-refractivity contribution is 0.0374. The fraction of sp³-hybridized carbons (Fsp3) is 0.647. The zero-order chi connectivity index (χ0) is 15.8. The molecule has 1 heterocycles. The Morgan fingerprint density at radius 2 is 2.09 bits per heavy atom. The Morgan fingerprint density at radius 3 is 2.77 bits per heavy atom. The molecule has 4 nitrogen and oxygen atoms in total. The fourth-order valence-electron chi connectivity index (χ4n) is 2.49. The number of benzene rings is 1. The molecule has 0 spiro atoms. The third kappa shape index (κ3) is 6.24. The maximum Gasteiger partial charge on any atom is 0.133 e. The molecule has 1 N–H and O–H groups in total. The van der Waals surface area contributed by atoms with E-state index in [2.05, 4.69) is 38.3 Å². The predicted molar refractivity (Wildman–Crippen MR) is 93.5 cm³/mol. The summed E-state index contributed by atoms with van der Waals surface area (Å²) in [5, 5.41) is 3.51. The minimum absolute atomic E-state index is 0.195. The van der Waals surface area contributed by atoms with Crippen LogP contribution in [0.5, 0.6) is 5.75 Å². The first-order valence-electron chi connectivity index (χ1n) is 8.11. The van der Waals surface area contributed by atoms with Crippen molar-refractivity contribution in [3.63, 3.8) is 0 Å². The van der Waals surface area contributed by atoms with Crippen molar-refractivity contribution in [2.24, 2.45) is 0 Å². The number of hydrogen-bond donors (Lipinski definition) is 1. The highest BCUT2D eigenvalue weighted by atomic mass is 79.9. The first kappa shape index (κ1) is 17.7. The van der Waals surface area contributed by atoms with E-state index in [4.69, 9.17) is 9.47 Å². The molecule has 0 amide bonds. The van der Waals surface area contributed by atoms with E-state index >= 15 is 0 Å². The molecule has 22 heavy (non-hydrogen) atoms. The van der Waals surface area contributed by atoms with E-state index < -0.39 is 0 Å². The smallest absolute Gasteiger partial charge is 0.133 e. The van der Waals surface area contributed by atoms with Crippen molar-refractivity contribution < 1.29 is 9.47 Å². The number of rotatable bonds is 8. The molecule has 0 radical (unpaired) electrons. The average Bonchev–Trinajstić information content (AvgIpc) is 2.50. The van der Waals surface area contributed by atoms with Crippen LogP contribution in [-0.2, 0) is 11.3 Å². The van der Waals surface area contributed by atoms with Crippen LogP contribution >= 0.6 is 15.9 Å². The number of ether oxygens (including phenoxy) is 2. The van der Waals surface area contributed by atoms with Crippen molar-refractivity contribution in [1.29, 1.82) is 0 Å². The van der Waals surface area contributed by atoms with Crippen molar-refractivity contribution >= 4 is 15.9 Å². The highest BCUT2D eigenvalue weighted by molar-refractivity contribution is 9.10. The van der Waals surface area contributed by atoms with Crippen LogP contribution in [0.15, 0.2) is 22.7 Å². The lowest BCUT2D eigenvalue weighted by Crippen LogP contribution is -2.37. The summed E-state index contributed by atoms with van der Waals surface area (Å²) in [7, 11) is 0. The Bertz CT molecular complexity index is 448. The van der Waals surface area contributed by atoms with Crippen molar-refractivity contribution in [3.8, 4) is 5.75 Å². The van der Waals surface area contributed by atoms with Gasteiger partial charge in [0.1, 0.15) is 5.75 Å². The quantitative estimate of drug-likeness (QED) is 0.713. The number of nitrogens with zero attached hydrogens (tertiary/aromatic N) is 1. The number of morpholine rings is 1. The summed E-state index contributed by atoms with van der Waals surface area (Å²) >= 11 is 3.58. The molecular weight excluding hydrogens is 344 g/mol. The van der Waals surface area contributed by atoms with Gasteiger partial charge in [-0.1, -0.05) is 6.07 Å². The zero-order valence-electron chi connectivity index (χ0n) is 13.6. The van der Waals surface area contributed by atoms with E-state index in [9.17, 15) is 0 Å². The Kier molecular flexibility index (Phi) is 7.66. The summed E-state index contributed by atoms with van der Waals surface area (Å²) < 4.78 is 12.1. The van der Waals surface area contributed by atoms with Gasteiger partial charge in [-0.25, -0.2) is 0 Å². The molecule has 0 aliphatic carbocycles. The van der Waals surface area contributed by atoms with Gasteiger partial charge in [0.25, 0.3) is 0 Å². The second-order valence-corrected chi connectivity index (χ2v) is 6.77. The van der Waals surface area contributed by atoms with E-state index in [1.165, 1.54) is 12.0 Å². The highest BCUT2D eigenvalue weighted by Gasteiger charge is 2.09. The van der Waals surface area contributed by atoms with Crippen LogP contribution in [0.1, 0.15) is 25.8 Å². The van der Waals surface area contributed by atoms with E-state index in [1.54, 1.807) is 0 Å². The Hall–Kier alpha value is -0.620. The third-order valence-corrected chi connectivity index (χ3v) is 4.24.